The van der Waals surface area contributed by atoms with Gasteiger partial charge in [0.1, 0.15) is 4.75 Å². The van der Waals surface area contributed by atoms with E-state index in [1.807, 2.05) is 20.8 Å². The second-order valence-electron chi connectivity index (χ2n) is 5.57. The maximum Gasteiger partial charge on any atom is 0.186 e. The van der Waals surface area contributed by atoms with Crippen molar-refractivity contribution in [2.75, 3.05) is 0 Å². The predicted octanol–water partition coefficient (Wildman–Crippen LogP) is 2.26. The third kappa shape index (κ3) is 1.79. The number of sulfone groups is 1. The number of aliphatic hydroxyl groups is 1. The van der Waals surface area contributed by atoms with Crippen LogP contribution in [0.2, 0.25) is 0 Å². The smallest absolute Gasteiger partial charge is 0.186 e. The zero-order chi connectivity index (χ0) is 13.6. The maximum atomic E-state index is 12.7. The summed E-state index contributed by atoms with van der Waals surface area (Å²) in [6, 6.07) is 8.44. The summed E-state index contributed by atoms with van der Waals surface area (Å²) < 4.78 is 24.4. The molecule has 1 aliphatic carbocycles. The van der Waals surface area contributed by atoms with Crippen molar-refractivity contribution in [3.05, 3.63) is 30.3 Å². The van der Waals surface area contributed by atoms with E-state index in [2.05, 4.69) is 0 Å². The van der Waals surface area contributed by atoms with Crippen LogP contribution in [0.1, 0.15) is 27.2 Å². The third-order valence-corrected chi connectivity index (χ3v) is 6.69. The minimum Gasteiger partial charge on any atom is -0.391 e. The van der Waals surface area contributed by atoms with Crippen LogP contribution >= 0.6 is 0 Å². The molecule has 0 radical (unpaired) electrons. The molecule has 0 amide bonds. The van der Waals surface area contributed by atoms with E-state index in [0.717, 1.165) is 0 Å². The highest BCUT2D eigenvalue weighted by molar-refractivity contribution is 7.93. The summed E-state index contributed by atoms with van der Waals surface area (Å²) in [6.45, 7) is 5.61. The van der Waals surface area contributed by atoms with Gasteiger partial charge in [0, 0.05) is 0 Å². The molecule has 2 rings (SSSR count). The van der Waals surface area contributed by atoms with E-state index < -0.39 is 20.7 Å². The summed E-state index contributed by atoms with van der Waals surface area (Å²) in [6.07, 6.45) is -0.262. The molecule has 18 heavy (non-hydrogen) atoms. The lowest BCUT2D eigenvalue weighted by Crippen LogP contribution is -2.41. The van der Waals surface area contributed by atoms with Crippen molar-refractivity contribution in [1.29, 1.82) is 0 Å². The molecular formula is C14H20O3S. The third-order valence-electron chi connectivity index (χ3n) is 3.99. The van der Waals surface area contributed by atoms with Crippen molar-refractivity contribution in [1.82, 2.24) is 0 Å². The van der Waals surface area contributed by atoms with Crippen LogP contribution in [-0.2, 0) is 9.84 Å². The van der Waals surface area contributed by atoms with Gasteiger partial charge in [-0.3, -0.25) is 0 Å². The average molecular weight is 268 g/mol. The second kappa shape index (κ2) is 4.35. The Morgan fingerprint density at radius 1 is 1.28 bits per heavy atom. The lowest BCUT2D eigenvalue weighted by atomic mass is 10.0. The average Bonchev–Trinajstić information content (AvgIpc) is 3.03. The Balaban J connectivity index is 2.47. The Morgan fingerprint density at radius 2 is 1.78 bits per heavy atom. The van der Waals surface area contributed by atoms with Crippen LogP contribution in [-0.4, -0.2) is 24.4 Å². The molecule has 1 saturated carbocycles. The summed E-state index contributed by atoms with van der Waals surface area (Å²) in [5.41, 5.74) is 0. The van der Waals surface area contributed by atoms with Gasteiger partial charge in [-0.05, 0) is 30.4 Å². The van der Waals surface area contributed by atoms with E-state index in [1.54, 1.807) is 30.3 Å². The van der Waals surface area contributed by atoms with Crippen molar-refractivity contribution in [2.45, 2.75) is 42.9 Å². The fourth-order valence-electron chi connectivity index (χ4n) is 2.75. The van der Waals surface area contributed by atoms with Crippen LogP contribution < -0.4 is 0 Å². The lowest BCUT2D eigenvalue weighted by Gasteiger charge is -2.26. The maximum absolute atomic E-state index is 12.7. The number of rotatable bonds is 4. The molecule has 1 aromatic carbocycles. The monoisotopic (exact) mass is 268 g/mol. The van der Waals surface area contributed by atoms with Gasteiger partial charge in [-0.25, -0.2) is 8.42 Å². The Hall–Kier alpha value is -0.870. The molecule has 1 aromatic rings. The van der Waals surface area contributed by atoms with Crippen molar-refractivity contribution >= 4 is 9.84 Å². The Labute approximate surface area is 109 Å². The Morgan fingerprint density at radius 3 is 2.17 bits per heavy atom. The van der Waals surface area contributed by atoms with Gasteiger partial charge in [0.25, 0.3) is 0 Å². The molecule has 1 unspecified atom stereocenters. The molecule has 100 valence electrons. The molecule has 0 aliphatic heterocycles. The lowest BCUT2D eigenvalue weighted by molar-refractivity contribution is 0.108. The highest BCUT2D eigenvalue weighted by Crippen LogP contribution is 2.55. The molecule has 0 bridgehead atoms. The SMILES string of the molecule is CC(C)C(O)[C@]1(S(=O)(=O)c2ccccc2)C[C@@H]1C. The highest BCUT2D eigenvalue weighted by Gasteiger charge is 2.66. The van der Waals surface area contributed by atoms with Gasteiger partial charge in [0.15, 0.2) is 9.84 Å². The summed E-state index contributed by atoms with van der Waals surface area (Å²) in [5, 5.41) is 10.3. The van der Waals surface area contributed by atoms with Gasteiger partial charge >= 0.3 is 0 Å². The first-order valence-electron chi connectivity index (χ1n) is 6.32. The van der Waals surface area contributed by atoms with E-state index in [9.17, 15) is 13.5 Å². The molecule has 3 atom stereocenters. The Bertz CT molecular complexity index is 521. The van der Waals surface area contributed by atoms with E-state index in [-0.39, 0.29) is 11.8 Å². The summed E-state index contributed by atoms with van der Waals surface area (Å²) in [7, 11) is -3.47. The molecule has 4 heteroatoms. The molecular weight excluding hydrogens is 248 g/mol. The van der Waals surface area contributed by atoms with Crippen LogP contribution in [0.4, 0.5) is 0 Å². The standard InChI is InChI=1S/C14H20O3S/c1-10(2)13(15)14(9-11(14)3)18(16,17)12-7-5-4-6-8-12/h4-8,10-11,13,15H,9H2,1-3H3/t11-,13?,14-/m0/s1. The molecule has 0 spiro atoms. The molecule has 1 fully saturated rings. The first-order chi connectivity index (χ1) is 8.34. The van der Waals surface area contributed by atoms with Gasteiger partial charge in [0.05, 0.1) is 11.0 Å². The molecule has 0 heterocycles. The van der Waals surface area contributed by atoms with Crippen LogP contribution in [0.5, 0.6) is 0 Å². The van der Waals surface area contributed by atoms with E-state index >= 15 is 0 Å². The fraction of sp³-hybridized carbons (Fsp3) is 0.571. The van der Waals surface area contributed by atoms with Gasteiger partial charge in [-0.15, -0.1) is 0 Å². The summed E-state index contributed by atoms with van der Waals surface area (Å²) >= 11 is 0. The number of hydrogen-bond donors (Lipinski definition) is 1. The molecule has 1 N–H and O–H groups in total. The summed E-state index contributed by atoms with van der Waals surface area (Å²) in [4.78, 5) is 0.314. The van der Waals surface area contributed by atoms with Gasteiger partial charge in [-0.1, -0.05) is 39.0 Å². The number of aliphatic hydroxyl groups excluding tert-OH is 1. The van der Waals surface area contributed by atoms with Gasteiger partial charge < -0.3 is 5.11 Å². The van der Waals surface area contributed by atoms with Gasteiger partial charge in [0.2, 0.25) is 0 Å². The zero-order valence-electron chi connectivity index (χ0n) is 11.0. The van der Waals surface area contributed by atoms with Crippen molar-refractivity contribution in [3.8, 4) is 0 Å². The topological polar surface area (TPSA) is 54.4 Å². The molecule has 3 nitrogen and oxygen atoms in total. The second-order valence-corrected chi connectivity index (χ2v) is 7.80. The first kappa shape index (κ1) is 13.6. The van der Waals surface area contributed by atoms with E-state index in [1.165, 1.54) is 0 Å². The van der Waals surface area contributed by atoms with Crippen LogP contribution in [0.25, 0.3) is 0 Å². The van der Waals surface area contributed by atoms with E-state index in [4.69, 9.17) is 0 Å². The molecule has 0 saturated heterocycles. The number of hydrogen-bond acceptors (Lipinski definition) is 3. The van der Waals surface area contributed by atoms with Gasteiger partial charge in [-0.2, -0.15) is 0 Å². The predicted molar refractivity (Wildman–Crippen MR) is 71.0 cm³/mol. The minimum absolute atomic E-state index is 0.0140. The quantitative estimate of drug-likeness (QED) is 0.911. The normalized spacial score (nSPS) is 29.3. The first-order valence-corrected chi connectivity index (χ1v) is 7.80. The highest BCUT2D eigenvalue weighted by atomic mass is 32.2. The Kier molecular flexibility index (Phi) is 3.28. The van der Waals surface area contributed by atoms with Crippen molar-refractivity contribution in [2.24, 2.45) is 11.8 Å². The molecule has 1 aliphatic rings. The van der Waals surface area contributed by atoms with Crippen LogP contribution in [0.3, 0.4) is 0 Å². The van der Waals surface area contributed by atoms with Crippen molar-refractivity contribution in [3.63, 3.8) is 0 Å². The fourth-order valence-corrected chi connectivity index (χ4v) is 5.29. The minimum atomic E-state index is -3.47. The largest absolute Gasteiger partial charge is 0.391 e. The molecule has 0 aromatic heterocycles. The number of benzene rings is 1. The van der Waals surface area contributed by atoms with Crippen LogP contribution in [0, 0.1) is 11.8 Å². The summed E-state index contributed by atoms with van der Waals surface area (Å²) in [5.74, 6) is -0.0476. The van der Waals surface area contributed by atoms with Crippen molar-refractivity contribution < 1.29 is 13.5 Å². The van der Waals surface area contributed by atoms with E-state index in [0.29, 0.717) is 11.3 Å². The van der Waals surface area contributed by atoms with Crippen LogP contribution in [0.15, 0.2) is 35.2 Å². The zero-order valence-corrected chi connectivity index (χ0v) is 11.8.